The van der Waals surface area contributed by atoms with Crippen LogP contribution in [0.5, 0.6) is 5.75 Å². The first-order valence-corrected chi connectivity index (χ1v) is 9.43. The third kappa shape index (κ3) is 4.57. The SMILES string of the molecule is CC(N)C1CCN(C(=O)COc2ccc(-c3ccccc3)cc2Cl)CC1. The lowest BCUT2D eigenvalue weighted by molar-refractivity contribution is -0.134. The van der Waals surface area contributed by atoms with Crippen LogP contribution in [0.4, 0.5) is 0 Å². The average molecular weight is 373 g/mol. The van der Waals surface area contributed by atoms with E-state index in [1.165, 1.54) is 0 Å². The second-order valence-corrected chi connectivity index (χ2v) is 7.28. The molecule has 0 spiro atoms. The fourth-order valence-corrected chi connectivity index (χ4v) is 3.57. The van der Waals surface area contributed by atoms with Crippen LogP contribution in [-0.2, 0) is 4.79 Å². The van der Waals surface area contributed by atoms with E-state index in [4.69, 9.17) is 22.1 Å². The maximum Gasteiger partial charge on any atom is 0.260 e. The fourth-order valence-electron chi connectivity index (χ4n) is 3.33. The second-order valence-electron chi connectivity index (χ2n) is 6.88. The van der Waals surface area contributed by atoms with Crippen molar-refractivity contribution in [2.24, 2.45) is 11.7 Å². The minimum atomic E-state index is -0.00340. The van der Waals surface area contributed by atoms with Crippen molar-refractivity contribution in [3.05, 3.63) is 53.6 Å². The van der Waals surface area contributed by atoms with Crippen molar-refractivity contribution < 1.29 is 9.53 Å². The van der Waals surface area contributed by atoms with Crippen LogP contribution in [0, 0.1) is 5.92 Å². The number of halogens is 1. The van der Waals surface area contributed by atoms with Gasteiger partial charge in [0.05, 0.1) is 5.02 Å². The standard InChI is InChI=1S/C21H25ClN2O2/c1-15(23)16-9-11-24(12-10-16)21(25)14-26-20-8-7-18(13-19(20)22)17-5-3-2-4-6-17/h2-8,13,15-16H,9-12,14,23H2,1H3. The number of hydrogen-bond acceptors (Lipinski definition) is 3. The topological polar surface area (TPSA) is 55.6 Å². The highest BCUT2D eigenvalue weighted by molar-refractivity contribution is 6.32. The molecule has 0 bridgehead atoms. The lowest BCUT2D eigenvalue weighted by atomic mass is 9.91. The molecule has 1 heterocycles. The van der Waals surface area contributed by atoms with Crippen molar-refractivity contribution in [3.63, 3.8) is 0 Å². The van der Waals surface area contributed by atoms with E-state index in [1.54, 1.807) is 0 Å². The minimum absolute atomic E-state index is 0.00340. The van der Waals surface area contributed by atoms with Crippen molar-refractivity contribution >= 4 is 17.5 Å². The zero-order valence-electron chi connectivity index (χ0n) is 15.0. The number of benzene rings is 2. The Hall–Kier alpha value is -2.04. The van der Waals surface area contributed by atoms with E-state index in [2.05, 4.69) is 0 Å². The van der Waals surface area contributed by atoms with E-state index in [9.17, 15) is 4.79 Å². The summed E-state index contributed by atoms with van der Waals surface area (Å²) in [5.41, 5.74) is 8.06. The lowest BCUT2D eigenvalue weighted by Gasteiger charge is -2.33. The summed E-state index contributed by atoms with van der Waals surface area (Å²) in [5.74, 6) is 1.03. The lowest BCUT2D eigenvalue weighted by Crippen LogP contribution is -2.44. The molecule has 0 aliphatic carbocycles. The molecule has 1 saturated heterocycles. The Morgan fingerprint density at radius 2 is 1.88 bits per heavy atom. The normalized spacial score (nSPS) is 16.3. The number of piperidine rings is 1. The number of rotatable bonds is 5. The van der Waals surface area contributed by atoms with E-state index in [1.807, 2.05) is 60.4 Å². The van der Waals surface area contributed by atoms with Crippen LogP contribution >= 0.6 is 11.6 Å². The van der Waals surface area contributed by atoms with Crippen molar-refractivity contribution in [1.29, 1.82) is 0 Å². The Balaban J connectivity index is 1.56. The molecular formula is C21H25ClN2O2. The summed E-state index contributed by atoms with van der Waals surface area (Å²) in [6, 6.07) is 15.8. The van der Waals surface area contributed by atoms with E-state index in [0.717, 1.165) is 37.1 Å². The van der Waals surface area contributed by atoms with Gasteiger partial charge in [-0.2, -0.15) is 0 Å². The van der Waals surface area contributed by atoms with Gasteiger partial charge < -0.3 is 15.4 Å². The highest BCUT2D eigenvalue weighted by atomic mass is 35.5. The number of carbonyl (C=O) groups is 1. The molecule has 1 amide bonds. The summed E-state index contributed by atoms with van der Waals surface area (Å²) >= 11 is 6.34. The maximum absolute atomic E-state index is 12.4. The van der Waals surface area contributed by atoms with Gasteiger partial charge in [-0.25, -0.2) is 0 Å². The molecule has 1 aliphatic rings. The van der Waals surface area contributed by atoms with Crippen molar-refractivity contribution in [2.75, 3.05) is 19.7 Å². The van der Waals surface area contributed by atoms with Gasteiger partial charge in [-0.3, -0.25) is 4.79 Å². The first kappa shape index (κ1) is 18.7. The highest BCUT2D eigenvalue weighted by Gasteiger charge is 2.25. The van der Waals surface area contributed by atoms with E-state index >= 15 is 0 Å². The summed E-state index contributed by atoms with van der Waals surface area (Å²) < 4.78 is 5.67. The summed E-state index contributed by atoms with van der Waals surface area (Å²) in [6.45, 7) is 3.53. The Morgan fingerprint density at radius 1 is 1.19 bits per heavy atom. The van der Waals surface area contributed by atoms with Gasteiger partial charge in [0.1, 0.15) is 5.75 Å². The summed E-state index contributed by atoms with van der Waals surface area (Å²) in [7, 11) is 0. The average Bonchev–Trinajstić information content (AvgIpc) is 2.67. The van der Waals surface area contributed by atoms with Crippen LogP contribution in [-0.4, -0.2) is 36.5 Å². The van der Waals surface area contributed by atoms with Gasteiger partial charge in [0.15, 0.2) is 6.61 Å². The Bertz CT molecular complexity index is 741. The molecule has 0 radical (unpaired) electrons. The van der Waals surface area contributed by atoms with Gasteiger partial charge in [-0.1, -0.05) is 48.0 Å². The third-order valence-electron chi connectivity index (χ3n) is 5.03. The number of hydrogen-bond donors (Lipinski definition) is 1. The molecule has 1 aliphatic heterocycles. The van der Waals surface area contributed by atoms with Crippen molar-refractivity contribution in [3.8, 4) is 16.9 Å². The smallest absolute Gasteiger partial charge is 0.260 e. The predicted octanol–water partition coefficient (Wildman–Crippen LogP) is 3.97. The molecule has 2 aromatic carbocycles. The molecule has 1 atom stereocenters. The molecule has 26 heavy (non-hydrogen) atoms. The Kier molecular flexibility index (Phi) is 6.17. The number of amides is 1. The monoisotopic (exact) mass is 372 g/mol. The van der Waals surface area contributed by atoms with Crippen LogP contribution in [0.3, 0.4) is 0 Å². The van der Waals surface area contributed by atoms with Gasteiger partial charge >= 0.3 is 0 Å². The number of ether oxygens (including phenoxy) is 1. The molecule has 0 saturated carbocycles. The zero-order chi connectivity index (χ0) is 18.5. The first-order valence-electron chi connectivity index (χ1n) is 9.05. The third-order valence-corrected chi connectivity index (χ3v) is 5.32. The molecule has 1 fully saturated rings. The molecule has 0 aromatic heterocycles. The minimum Gasteiger partial charge on any atom is -0.482 e. The number of nitrogens with two attached hydrogens (primary N) is 1. The van der Waals surface area contributed by atoms with Gasteiger partial charge in [0.25, 0.3) is 5.91 Å². The molecule has 5 heteroatoms. The van der Waals surface area contributed by atoms with Crippen LogP contribution in [0.1, 0.15) is 19.8 Å². The predicted molar refractivity (Wildman–Crippen MR) is 105 cm³/mol. The van der Waals surface area contributed by atoms with Crippen LogP contribution in [0.25, 0.3) is 11.1 Å². The quantitative estimate of drug-likeness (QED) is 0.863. The van der Waals surface area contributed by atoms with Gasteiger partial charge in [0, 0.05) is 19.1 Å². The van der Waals surface area contributed by atoms with E-state index in [0.29, 0.717) is 16.7 Å². The summed E-state index contributed by atoms with van der Waals surface area (Å²) in [6.07, 6.45) is 1.91. The summed E-state index contributed by atoms with van der Waals surface area (Å²) in [4.78, 5) is 14.2. The highest BCUT2D eigenvalue weighted by Crippen LogP contribution is 2.30. The number of nitrogens with zero attached hydrogens (tertiary/aromatic N) is 1. The Labute approximate surface area is 159 Å². The van der Waals surface area contributed by atoms with Gasteiger partial charge in [-0.15, -0.1) is 0 Å². The molecular weight excluding hydrogens is 348 g/mol. The van der Waals surface area contributed by atoms with Crippen LogP contribution in [0.15, 0.2) is 48.5 Å². The molecule has 1 unspecified atom stereocenters. The maximum atomic E-state index is 12.4. The molecule has 2 N–H and O–H groups in total. The first-order chi connectivity index (χ1) is 12.5. The van der Waals surface area contributed by atoms with Gasteiger partial charge in [-0.05, 0) is 48.9 Å². The number of likely N-dealkylation sites (tertiary alicyclic amines) is 1. The fraction of sp³-hybridized carbons (Fsp3) is 0.381. The van der Waals surface area contributed by atoms with Crippen molar-refractivity contribution in [1.82, 2.24) is 4.90 Å². The van der Waals surface area contributed by atoms with Gasteiger partial charge in [0.2, 0.25) is 0 Å². The zero-order valence-corrected chi connectivity index (χ0v) is 15.8. The molecule has 138 valence electrons. The van der Waals surface area contributed by atoms with E-state index in [-0.39, 0.29) is 18.6 Å². The number of carbonyl (C=O) groups excluding carboxylic acids is 1. The largest absolute Gasteiger partial charge is 0.482 e. The molecule has 3 rings (SSSR count). The summed E-state index contributed by atoms with van der Waals surface area (Å²) in [5, 5.41) is 0.509. The Morgan fingerprint density at radius 3 is 2.50 bits per heavy atom. The van der Waals surface area contributed by atoms with Crippen molar-refractivity contribution in [2.45, 2.75) is 25.8 Å². The van der Waals surface area contributed by atoms with Crippen LogP contribution < -0.4 is 10.5 Å². The molecule has 2 aromatic rings. The molecule has 4 nitrogen and oxygen atoms in total. The van der Waals surface area contributed by atoms with Crippen LogP contribution in [0.2, 0.25) is 5.02 Å². The second kappa shape index (κ2) is 8.56. The van der Waals surface area contributed by atoms with E-state index < -0.39 is 0 Å².